The molecular weight excluding hydrogens is 240 g/mol. The van der Waals surface area contributed by atoms with Crippen molar-refractivity contribution >= 4 is 29.1 Å². The number of carbonyl (C=O) groups is 1. The first-order valence-corrected chi connectivity index (χ1v) is 7.12. The van der Waals surface area contributed by atoms with Crippen molar-refractivity contribution in [2.24, 2.45) is 0 Å². The lowest BCUT2D eigenvalue weighted by atomic mass is 10.2. The van der Waals surface area contributed by atoms with Crippen molar-refractivity contribution in [2.45, 2.75) is 25.5 Å². The first kappa shape index (κ1) is 13.6. The molecule has 1 rings (SSSR count). The number of hydrogen-bond donors (Lipinski definition) is 0. The van der Waals surface area contributed by atoms with Crippen LogP contribution in [-0.2, 0) is 10.5 Å². The molecule has 0 aliphatic carbocycles. The lowest BCUT2D eigenvalue weighted by Crippen LogP contribution is -1.99. The highest BCUT2D eigenvalue weighted by atomic mass is 35.5. The molecule has 0 saturated heterocycles. The number of hydrogen-bond acceptors (Lipinski definition) is 2. The van der Waals surface area contributed by atoms with Crippen LogP contribution in [0, 0.1) is 6.92 Å². The van der Waals surface area contributed by atoms with Gasteiger partial charge in [0.15, 0.2) is 0 Å². The maximum atomic E-state index is 10.9. The monoisotopic (exact) mass is 256 g/mol. The van der Waals surface area contributed by atoms with Gasteiger partial charge in [-0.25, -0.2) is 0 Å². The Balaban J connectivity index is 2.11. The summed E-state index contributed by atoms with van der Waals surface area (Å²) in [5.74, 6) is 2.35. The molecule has 0 amide bonds. The predicted octanol–water partition coefficient (Wildman–Crippen LogP) is 3.82. The number of ketones is 1. The van der Waals surface area contributed by atoms with Gasteiger partial charge in [0.2, 0.25) is 0 Å². The van der Waals surface area contributed by atoms with Crippen LogP contribution in [0.4, 0.5) is 0 Å². The van der Waals surface area contributed by atoms with E-state index in [9.17, 15) is 4.79 Å². The molecule has 0 heterocycles. The Kier molecular flexibility index (Phi) is 6.58. The molecular formula is C13H17ClOS. The minimum absolute atomic E-state index is 0.151. The molecule has 1 nitrogen and oxygen atoms in total. The third-order valence-electron chi connectivity index (χ3n) is 2.28. The van der Waals surface area contributed by atoms with Crippen molar-refractivity contribution in [1.29, 1.82) is 0 Å². The van der Waals surface area contributed by atoms with Crippen molar-refractivity contribution in [2.75, 3.05) is 11.6 Å². The lowest BCUT2D eigenvalue weighted by Gasteiger charge is -2.02. The number of carbonyl (C=O) groups excluding carboxylic acids is 1. The van der Waals surface area contributed by atoms with Crippen LogP contribution in [0.1, 0.15) is 24.0 Å². The van der Waals surface area contributed by atoms with Crippen molar-refractivity contribution < 1.29 is 4.79 Å². The van der Waals surface area contributed by atoms with E-state index in [0.29, 0.717) is 6.42 Å². The van der Waals surface area contributed by atoms with Gasteiger partial charge in [0.1, 0.15) is 5.78 Å². The number of thioether (sulfide) groups is 1. The van der Waals surface area contributed by atoms with Gasteiger partial charge in [-0.15, -0.1) is 11.6 Å². The second-order valence-corrected chi connectivity index (χ2v) is 5.19. The fourth-order valence-corrected chi connectivity index (χ4v) is 2.37. The summed E-state index contributed by atoms with van der Waals surface area (Å²) in [6, 6.07) is 8.58. The standard InChI is InChI=1S/C13H17ClOS/c1-11-4-6-12(7-5-11)10-16-8-2-3-13(15)9-14/h4-7H,2-3,8-10H2,1H3. The van der Waals surface area contributed by atoms with Crippen molar-refractivity contribution in [1.82, 2.24) is 0 Å². The number of alkyl halides is 1. The van der Waals surface area contributed by atoms with Gasteiger partial charge >= 0.3 is 0 Å². The highest BCUT2D eigenvalue weighted by Crippen LogP contribution is 2.14. The third-order valence-corrected chi connectivity index (χ3v) is 3.70. The summed E-state index contributed by atoms with van der Waals surface area (Å²) in [5.41, 5.74) is 2.64. The molecule has 0 N–H and O–H groups in total. The Morgan fingerprint density at radius 1 is 1.31 bits per heavy atom. The highest BCUT2D eigenvalue weighted by molar-refractivity contribution is 7.98. The minimum atomic E-state index is 0.151. The fraction of sp³-hybridized carbons (Fsp3) is 0.462. The molecule has 3 heteroatoms. The van der Waals surface area contributed by atoms with Crippen LogP contribution < -0.4 is 0 Å². The Bertz CT molecular complexity index is 321. The normalized spacial score (nSPS) is 10.4. The topological polar surface area (TPSA) is 17.1 Å². The van der Waals surface area contributed by atoms with Crippen LogP contribution in [0.25, 0.3) is 0 Å². The molecule has 0 aliphatic heterocycles. The van der Waals surface area contributed by atoms with Gasteiger partial charge in [0, 0.05) is 12.2 Å². The van der Waals surface area contributed by atoms with Crippen LogP contribution in [0.15, 0.2) is 24.3 Å². The molecule has 16 heavy (non-hydrogen) atoms. The van der Waals surface area contributed by atoms with Gasteiger partial charge in [-0.1, -0.05) is 29.8 Å². The summed E-state index contributed by atoms with van der Waals surface area (Å²) in [4.78, 5) is 10.9. The molecule has 0 aromatic heterocycles. The van der Waals surface area contributed by atoms with E-state index in [-0.39, 0.29) is 11.7 Å². The van der Waals surface area contributed by atoms with Crippen molar-refractivity contribution in [3.8, 4) is 0 Å². The zero-order valence-corrected chi connectivity index (χ0v) is 11.1. The Morgan fingerprint density at radius 3 is 2.62 bits per heavy atom. The lowest BCUT2D eigenvalue weighted by molar-refractivity contribution is -0.116. The molecule has 0 aliphatic rings. The first-order chi connectivity index (χ1) is 7.72. The van der Waals surface area contributed by atoms with E-state index in [4.69, 9.17) is 11.6 Å². The van der Waals surface area contributed by atoms with Gasteiger partial charge in [-0.05, 0) is 24.7 Å². The SMILES string of the molecule is Cc1ccc(CSCCCC(=O)CCl)cc1. The molecule has 88 valence electrons. The van der Waals surface area contributed by atoms with Crippen LogP contribution in [0.5, 0.6) is 0 Å². The smallest absolute Gasteiger partial charge is 0.147 e. The molecule has 0 saturated carbocycles. The maximum Gasteiger partial charge on any atom is 0.147 e. The number of rotatable bonds is 7. The average molecular weight is 257 g/mol. The van der Waals surface area contributed by atoms with Gasteiger partial charge in [-0.2, -0.15) is 11.8 Å². The van der Waals surface area contributed by atoms with E-state index in [0.717, 1.165) is 17.9 Å². The summed E-state index contributed by atoms with van der Waals surface area (Å²) >= 11 is 7.29. The zero-order valence-electron chi connectivity index (χ0n) is 9.54. The summed E-state index contributed by atoms with van der Waals surface area (Å²) in [6.45, 7) is 2.09. The molecule has 0 fully saturated rings. The van der Waals surface area contributed by atoms with Crippen molar-refractivity contribution in [3.05, 3.63) is 35.4 Å². The van der Waals surface area contributed by atoms with Gasteiger partial charge in [0.25, 0.3) is 0 Å². The molecule has 0 spiro atoms. The van der Waals surface area contributed by atoms with Crippen LogP contribution in [0.3, 0.4) is 0 Å². The van der Waals surface area contributed by atoms with E-state index in [1.54, 1.807) is 0 Å². The highest BCUT2D eigenvalue weighted by Gasteiger charge is 1.99. The number of halogens is 1. The van der Waals surface area contributed by atoms with E-state index in [1.165, 1.54) is 11.1 Å². The largest absolute Gasteiger partial charge is 0.298 e. The molecule has 0 unspecified atom stereocenters. The van der Waals surface area contributed by atoms with Gasteiger partial charge in [0.05, 0.1) is 5.88 Å². The minimum Gasteiger partial charge on any atom is -0.298 e. The molecule has 1 aromatic rings. The van der Waals surface area contributed by atoms with E-state index < -0.39 is 0 Å². The zero-order chi connectivity index (χ0) is 11.8. The maximum absolute atomic E-state index is 10.9. The Labute approximate surface area is 107 Å². The predicted molar refractivity (Wildman–Crippen MR) is 72.3 cm³/mol. The van der Waals surface area contributed by atoms with Gasteiger partial charge in [-0.3, -0.25) is 4.79 Å². The fourth-order valence-electron chi connectivity index (χ4n) is 1.31. The molecule has 0 bridgehead atoms. The van der Waals surface area contributed by atoms with E-state index >= 15 is 0 Å². The number of aryl methyl sites for hydroxylation is 1. The summed E-state index contributed by atoms with van der Waals surface area (Å²) in [7, 11) is 0. The van der Waals surface area contributed by atoms with E-state index in [1.807, 2.05) is 11.8 Å². The van der Waals surface area contributed by atoms with Gasteiger partial charge < -0.3 is 0 Å². The second kappa shape index (κ2) is 7.75. The number of benzene rings is 1. The number of Topliss-reactive ketones (excluding diaryl/α,β-unsaturated/α-hetero) is 1. The van der Waals surface area contributed by atoms with E-state index in [2.05, 4.69) is 31.2 Å². The summed E-state index contributed by atoms with van der Waals surface area (Å²) in [5, 5.41) is 0. The average Bonchev–Trinajstić information content (AvgIpc) is 2.31. The quantitative estimate of drug-likeness (QED) is 0.545. The molecule has 1 aromatic carbocycles. The van der Waals surface area contributed by atoms with Crippen LogP contribution in [-0.4, -0.2) is 17.4 Å². The Morgan fingerprint density at radius 2 is 2.00 bits per heavy atom. The summed E-state index contributed by atoms with van der Waals surface area (Å²) in [6.07, 6.45) is 1.55. The molecule has 0 atom stereocenters. The van der Waals surface area contributed by atoms with Crippen molar-refractivity contribution in [3.63, 3.8) is 0 Å². The Hall–Kier alpha value is -0.470. The van der Waals surface area contributed by atoms with Crippen LogP contribution in [0.2, 0.25) is 0 Å². The summed E-state index contributed by atoms with van der Waals surface area (Å²) < 4.78 is 0. The second-order valence-electron chi connectivity index (χ2n) is 3.81. The van der Waals surface area contributed by atoms with Crippen LogP contribution >= 0.6 is 23.4 Å². The first-order valence-electron chi connectivity index (χ1n) is 5.43. The third kappa shape index (κ3) is 5.57. The molecule has 0 radical (unpaired) electrons.